The number of carbonyl (C=O) groups excluding carboxylic acids is 1. The predicted octanol–water partition coefficient (Wildman–Crippen LogP) is 2.42. The van der Waals surface area contributed by atoms with E-state index in [1.165, 1.54) is 0 Å². The summed E-state index contributed by atoms with van der Waals surface area (Å²) in [5, 5.41) is 3.31. The van der Waals surface area contributed by atoms with E-state index in [-0.39, 0.29) is 17.4 Å². The van der Waals surface area contributed by atoms with Crippen LogP contribution in [0.1, 0.15) is 42.1 Å². The fraction of sp³-hybridized carbons (Fsp3) is 0.450. The van der Waals surface area contributed by atoms with Gasteiger partial charge in [0, 0.05) is 43.3 Å². The van der Waals surface area contributed by atoms with Crippen LogP contribution in [0.5, 0.6) is 0 Å². The van der Waals surface area contributed by atoms with Crippen molar-refractivity contribution in [1.29, 1.82) is 0 Å². The van der Waals surface area contributed by atoms with Gasteiger partial charge in [0.05, 0.1) is 11.6 Å². The van der Waals surface area contributed by atoms with Crippen LogP contribution < -0.4 is 5.32 Å². The van der Waals surface area contributed by atoms with Crippen LogP contribution in [0.3, 0.4) is 0 Å². The number of rotatable bonds is 3. The van der Waals surface area contributed by atoms with Crippen LogP contribution >= 0.6 is 0 Å². The lowest BCUT2D eigenvalue weighted by molar-refractivity contribution is -0.121. The Labute approximate surface area is 148 Å². The summed E-state index contributed by atoms with van der Waals surface area (Å²) in [5.41, 5.74) is 3.23. The molecule has 5 heteroatoms. The third-order valence-corrected chi connectivity index (χ3v) is 5.55. The van der Waals surface area contributed by atoms with E-state index in [1.807, 2.05) is 25.1 Å². The van der Waals surface area contributed by atoms with Crippen LogP contribution in [0.2, 0.25) is 0 Å². The Morgan fingerprint density at radius 2 is 1.96 bits per heavy atom. The number of aryl methyl sites for hydroxylation is 1. The minimum absolute atomic E-state index is 0.0343. The molecule has 4 rings (SSSR count). The largest absolute Gasteiger partial charge is 0.350 e. The molecule has 0 aliphatic carbocycles. The van der Waals surface area contributed by atoms with Crippen molar-refractivity contribution in [3.8, 4) is 0 Å². The Morgan fingerprint density at radius 3 is 2.68 bits per heavy atom. The fourth-order valence-corrected chi connectivity index (χ4v) is 4.13. The lowest BCUT2D eigenvalue weighted by Gasteiger charge is -2.39. The highest BCUT2D eigenvalue weighted by Crippen LogP contribution is 2.39. The zero-order chi connectivity index (χ0) is 17.3. The molecule has 2 aromatic rings. The molecule has 4 heterocycles. The normalized spacial score (nSPS) is 22.9. The molecule has 0 saturated carbocycles. The molecular formula is C20H24N4O. The highest BCUT2D eigenvalue weighted by atomic mass is 16.2. The summed E-state index contributed by atoms with van der Waals surface area (Å²) in [5.74, 6) is 0.132. The Morgan fingerprint density at radius 1 is 1.20 bits per heavy atom. The molecule has 2 aliphatic rings. The van der Waals surface area contributed by atoms with Crippen LogP contribution in [0.25, 0.3) is 0 Å². The van der Waals surface area contributed by atoms with Gasteiger partial charge in [-0.25, -0.2) is 0 Å². The number of likely N-dealkylation sites (tertiary alicyclic amines) is 1. The summed E-state index contributed by atoms with van der Waals surface area (Å²) < 4.78 is 0. The second-order valence-corrected chi connectivity index (χ2v) is 7.35. The maximum absolute atomic E-state index is 12.5. The Balaban J connectivity index is 1.39. The van der Waals surface area contributed by atoms with E-state index in [1.54, 1.807) is 12.4 Å². The zero-order valence-corrected chi connectivity index (χ0v) is 14.6. The van der Waals surface area contributed by atoms with Crippen LogP contribution in [0.4, 0.5) is 0 Å². The van der Waals surface area contributed by atoms with Crippen molar-refractivity contribution in [3.05, 3.63) is 59.7 Å². The van der Waals surface area contributed by atoms with Crippen molar-refractivity contribution in [2.45, 2.75) is 44.2 Å². The van der Waals surface area contributed by atoms with Gasteiger partial charge in [-0.1, -0.05) is 6.07 Å². The molecule has 130 valence electrons. The highest BCUT2D eigenvalue weighted by Gasteiger charge is 2.46. The number of pyridine rings is 2. The van der Waals surface area contributed by atoms with Crippen molar-refractivity contribution < 1.29 is 4.79 Å². The summed E-state index contributed by atoms with van der Waals surface area (Å²) in [7, 11) is 0. The van der Waals surface area contributed by atoms with Gasteiger partial charge in [-0.2, -0.15) is 0 Å². The Kier molecular flexibility index (Phi) is 4.25. The first-order chi connectivity index (χ1) is 12.1. The Bertz CT molecular complexity index is 753. The van der Waals surface area contributed by atoms with Crippen molar-refractivity contribution in [3.63, 3.8) is 0 Å². The van der Waals surface area contributed by atoms with Gasteiger partial charge in [-0.3, -0.25) is 19.7 Å². The maximum Gasteiger partial charge on any atom is 0.228 e. The molecule has 1 N–H and O–H groups in total. The first kappa shape index (κ1) is 16.2. The number of piperidine rings is 1. The minimum atomic E-state index is -0.0401. The SMILES string of the molecule is Cc1cccc(CN2CCC3(CC2)CC(c2ccncc2)C(=O)N3)n1. The topological polar surface area (TPSA) is 58.1 Å². The molecule has 2 saturated heterocycles. The third kappa shape index (κ3) is 3.42. The Hall–Kier alpha value is -2.27. The molecule has 5 nitrogen and oxygen atoms in total. The molecular weight excluding hydrogens is 312 g/mol. The highest BCUT2D eigenvalue weighted by molar-refractivity contribution is 5.87. The van der Waals surface area contributed by atoms with Crippen molar-refractivity contribution >= 4 is 5.91 Å². The molecule has 25 heavy (non-hydrogen) atoms. The van der Waals surface area contributed by atoms with E-state index in [0.717, 1.165) is 55.8 Å². The van der Waals surface area contributed by atoms with E-state index in [4.69, 9.17) is 0 Å². The van der Waals surface area contributed by atoms with Crippen LogP contribution in [-0.4, -0.2) is 39.4 Å². The van der Waals surface area contributed by atoms with E-state index in [0.29, 0.717) is 0 Å². The van der Waals surface area contributed by atoms with E-state index < -0.39 is 0 Å². The second-order valence-electron chi connectivity index (χ2n) is 7.35. The van der Waals surface area contributed by atoms with Gasteiger partial charge in [-0.15, -0.1) is 0 Å². The van der Waals surface area contributed by atoms with Crippen molar-refractivity contribution in [1.82, 2.24) is 20.2 Å². The minimum Gasteiger partial charge on any atom is -0.350 e. The van der Waals surface area contributed by atoms with Gasteiger partial charge in [0.1, 0.15) is 0 Å². The molecule has 1 spiro atoms. The van der Waals surface area contributed by atoms with Gasteiger partial charge < -0.3 is 5.32 Å². The molecule has 0 aromatic carbocycles. The smallest absolute Gasteiger partial charge is 0.228 e. The molecule has 1 amide bonds. The molecule has 2 fully saturated rings. The third-order valence-electron chi connectivity index (χ3n) is 5.55. The quantitative estimate of drug-likeness (QED) is 0.935. The van der Waals surface area contributed by atoms with Gasteiger partial charge in [0.15, 0.2) is 0 Å². The molecule has 0 radical (unpaired) electrons. The lowest BCUT2D eigenvalue weighted by atomic mass is 9.82. The van der Waals surface area contributed by atoms with Crippen LogP contribution in [0, 0.1) is 6.92 Å². The number of nitrogens with zero attached hydrogens (tertiary/aromatic N) is 3. The molecule has 0 bridgehead atoms. The lowest BCUT2D eigenvalue weighted by Crippen LogP contribution is -2.50. The monoisotopic (exact) mass is 336 g/mol. The number of amides is 1. The maximum atomic E-state index is 12.5. The summed E-state index contributed by atoms with van der Waals surface area (Å²) in [6.45, 7) is 4.92. The molecule has 1 atom stereocenters. The predicted molar refractivity (Wildman–Crippen MR) is 96.0 cm³/mol. The first-order valence-electron chi connectivity index (χ1n) is 9.00. The van der Waals surface area contributed by atoms with E-state index in [2.05, 4.69) is 32.3 Å². The molecule has 1 unspecified atom stereocenters. The van der Waals surface area contributed by atoms with Gasteiger partial charge in [0.2, 0.25) is 5.91 Å². The van der Waals surface area contributed by atoms with Crippen LogP contribution in [-0.2, 0) is 11.3 Å². The number of carbonyl (C=O) groups is 1. The number of nitrogens with one attached hydrogen (secondary N) is 1. The molecule has 2 aliphatic heterocycles. The zero-order valence-electron chi connectivity index (χ0n) is 14.6. The molecule has 2 aromatic heterocycles. The van der Waals surface area contributed by atoms with E-state index in [9.17, 15) is 4.79 Å². The number of hydrogen-bond donors (Lipinski definition) is 1. The summed E-state index contributed by atoms with van der Waals surface area (Å²) >= 11 is 0. The summed E-state index contributed by atoms with van der Waals surface area (Å²) in [4.78, 5) is 23.6. The average Bonchev–Trinajstić information content (AvgIpc) is 2.94. The van der Waals surface area contributed by atoms with Gasteiger partial charge >= 0.3 is 0 Å². The van der Waals surface area contributed by atoms with E-state index >= 15 is 0 Å². The van der Waals surface area contributed by atoms with Gasteiger partial charge in [0.25, 0.3) is 0 Å². The average molecular weight is 336 g/mol. The van der Waals surface area contributed by atoms with Crippen molar-refractivity contribution in [2.75, 3.05) is 13.1 Å². The summed E-state index contributed by atoms with van der Waals surface area (Å²) in [6.07, 6.45) is 6.45. The first-order valence-corrected chi connectivity index (χ1v) is 9.00. The number of aromatic nitrogens is 2. The fourth-order valence-electron chi connectivity index (χ4n) is 4.13. The number of hydrogen-bond acceptors (Lipinski definition) is 4. The van der Waals surface area contributed by atoms with Gasteiger partial charge in [-0.05, 0) is 56.0 Å². The standard InChI is InChI=1S/C20H24N4O/c1-15-3-2-4-17(22-15)14-24-11-7-20(8-12-24)13-18(19(25)23-20)16-5-9-21-10-6-16/h2-6,9-10,18H,7-8,11-14H2,1H3,(H,23,25). The van der Waals surface area contributed by atoms with Crippen LogP contribution in [0.15, 0.2) is 42.7 Å². The summed E-state index contributed by atoms with van der Waals surface area (Å²) in [6, 6.07) is 10.1. The second kappa shape index (κ2) is 6.56. The van der Waals surface area contributed by atoms with Crippen molar-refractivity contribution in [2.24, 2.45) is 0 Å².